The summed E-state index contributed by atoms with van der Waals surface area (Å²) in [7, 11) is 0. The van der Waals surface area contributed by atoms with Gasteiger partial charge in [-0.1, -0.05) is 33.1 Å². The monoisotopic (exact) mass is 284 g/mol. The number of carbonyl (C=O) groups is 1. The Bertz CT molecular complexity index is 379. The van der Waals surface area contributed by atoms with Crippen molar-refractivity contribution >= 4 is 22.3 Å². The largest absolute Gasteiger partial charge is 0.461 e. The lowest BCUT2D eigenvalue weighted by atomic mass is 9.99. The van der Waals surface area contributed by atoms with Crippen molar-refractivity contribution in [2.24, 2.45) is 5.92 Å². The molecule has 4 nitrogen and oxygen atoms in total. The van der Waals surface area contributed by atoms with Crippen LogP contribution in [0, 0.1) is 5.92 Å². The van der Waals surface area contributed by atoms with Crippen LogP contribution < -0.4 is 5.32 Å². The van der Waals surface area contributed by atoms with Crippen LogP contribution in [0.2, 0.25) is 0 Å². The fourth-order valence-corrected chi connectivity index (χ4v) is 2.57. The van der Waals surface area contributed by atoms with E-state index in [0.29, 0.717) is 18.2 Å². The van der Waals surface area contributed by atoms with Crippen molar-refractivity contribution in [2.75, 3.05) is 18.5 Å². The lowest BCUT2D eigenvalue weighted by molar-refractivity contribution is 0.0521. The van der Waals surface area contributed by atoms with Crippen molar-refractivity contribution in [3.63, 3.8) is 0 Å². The molecule has 1 rings (SSSR count). The van der Waals surface area contributed by atoms with E-state index in [1.807, 2.05) is 0 Å². The first-order valence-corrected chi connectivity index (χ1v) is 7.95. The van der Waals surface area contributed by atoms with Gasteiger partial charge in [0.25, 0.3) is 0 Å². The van der Waals surface area contributed by atoms with Crippen molar-refractivity contribution in [2.45, 2.75) is 46.5 Å². The normalized spacial score (nSPS) is 12.2. The number of hydrogen-bond acceptors (Lipinski definition) is 5. The van der Waals surface area contributed by atoms with Gasteiger partial charge in [0.05, 0.1) is 12.1 Å². The van der Waals surface area contributed by atoms with E-state index in [9.17, 15) is 4.79 Å². The minimum atomic E-state index is -0.340. The molecule has 1 N–H and O–H groups in total. The maximum Gasteiger partial charge on any atom is 0.360 e. The number of nitrogens with zero attached hydrogens (tertiary/aromatic N) is 1. The van der Waals surface area contributed by atoms with Crippen molar-refractivity contribution < 1.29 is 9.53 Å². The van der Waals surface area contributed by atoms with Crippen molar-refractivity contribution in [3.8, 4) is 0 Å². The molecule has 0 radical (unpaired) electrons. The molecular formula is C14H24N2O2S. The fraction of sp³-hybridized carbons (Fsp3) is 0.714. The summed E-state index contributed by atoms with van der Waals surface area (Å²) >= 11 is 1.46. The SMILES string of the molecule is CCCCC(CC)CNc1scnc1C(=O)OCC. The van der Waals surface area contributed by atoms with Crippen LogP contribution in [0.5, 0.6) is 0 Å². The molecule has 0 aromatic carbocycles. The zero-order chi connectivity index (χ0) is 14.1. The van der Waals surface area contributed by atoms with E-state index in [1.165, 1.54) is 30.6 Å². The first-order valence-electron chi connectivity index (χ1n) is 7.07. The lowest BCUT2D eigenvalue weighted by Gasteiger charge is -2.15. The Kier molecular flexibility index (Phi) is 7.48. The van der Waals surface area contributed by atoms with Gasteiger partial charge >= 0.3 is 5.97 Å². The topological polar surface area (TPSA) is 51.2 Å². The van der Waals surface area contributed by atoms with Gasteiger partial charge < -0.3 is 10.1 Å². The Labute approximate surface area is 119 Å². The molecule has 0 spiro atoms. The molecule has 1 aromatic rings. The van der Waals surface area contributed by atoms with E-state index in [0.717, 1.165) is 18.0 Å². The highest BCUT2D eigenvalue weighted by Gasteiger charge is 2.16. The molecule has 0 bridgehead atoms. The van der Waals surface area contributed by atoms with Crippen LogP contribution in [0.3, 0.4) is 0 Å². The van der Waals surface area contributed by atoms with Gasteiger partial charge in [-0.05, 0) is 19.3 Å². The number of unbranched alkanes of at least 4 members (excludes halogenated alkanes) is 1. The summed E-state index contributed by atoms with van der Waals surface area (Å²) < 4.78 is 4.99. The van der Waals surface area contributed by atoms with Gasteiger partial charge in [0, 0.05) is 6.54 Å². The van der Waals surface area contributed by atoms with Crippen molar-refractivity contribution in [1.29, 1.82) is 0 Å². The summed E-state index contributed by atoms with van der Waals surface area (Å²) in [4.78, 5) is 15.8. The van der Waals surface area contributed by atoms with Crippen LogP contribution in [0.25, 0.3) is 0 Å². The van der Waals surface area contributed by atoms with Crippen molar-refractivity contribution in [3.05, 3.63) is 11.2 Å². The van der Waals surface area contributed by atoms with Crippen molar-refractivity contribution in [1.82, 2.24) is 4.98 Å². The average Bonchev–Trinajstić information content (AvgIpc) is 2.88. The van der Waals surface area contributed by atoms with E-state index in [2.05, 4.69) is 24.1 Å². The molecule has 1 atom stereocenters. The number of esters is 1. The summed E-state index contributed by atoms with van der Waals surface area (Å²) in [5.41, 5.74) is 2.10. The standard InChI is InChI=1S/C14H24N2O2S/c1-4-7-8-11(5-2)9-15-13-12(16-10-19-13)14(17)18-6-3/h10-11,15H,4-9H2,1-3H3. The first-order chi connectivity index (χ1) is 9.22. The van der Waals surface area contributed by atoms with E-state index in [1.54, 1.807) is 12.4 Å². The Morgan fingerprint density at radius 3 is 2.89 bits per heavy atom. The van der Waals surface area contributed by atoms with Gasteiger partial charge in [0.2, 0.25) is 0 Å². The zero-order valence-electron chi connectivity index (χ0n) is 12.1. The van der Waals surface area contributed by atoms with Crippen LogP contribution >= 0.6 is 11.3 Å². The van der Waals surface area contributed by atoms with Gasteiger partial charge in [-0.3, -0.25) is 0 Å². The number of anilines is 1. The smallest absolute Gasteiger partial charge is 0.360 e. The highest BCUT2D eigenvalue weighted by Crippen LogP contribution is 2.22. The van der Waals surface area contributed by atoms with Gasteiger partial charge in [-0.2, -0.15) is 0 Å². The molecule has 0 amide bonds. The minimum Gasteiger partial charge on any atom is -0.461 e. The zero-order valence-corrected chi connectivity index (χ0v) is 12.9. The third kappa shape index (κ3) is 5.19. The van der Waals surface area contributed by atoms with Crippen LogP contribution in [0.15, 0.2) is 5.51 Å². The second-order valence-corrected chi connectivity index (χ2v) is 5.40. The summed E-state index contributed by atoms with van der Waals surface area (Å²) in [6.45, 7) is 7.49. The molecule has 5 heteroatoms. The molecule has 1 aromatic heterocycles. The molecule has 0 aliphatic carbocycles. The molecule has 0 saturated carbocycles. The average molecular weight is 284 g/mol. The van der Waals surface area contributed by atoms with Gasteiger partial charge in [-0.15, -0.1) is 11.3 Å². The molecule has 19 heavy (non-hydrogen) atoms. The quantitative estimate of drug-likeness (QED) is 0.698. The second-order valence-electron chi connectivity index (χ2n) is 4.55. The lowest BCUT2D eigenvalue weighted by Crippen LogP contribution is -2.15. The van der Waals surface area contributed by atoms with Gasteiger partial charge in [0.1, 0.15) is 5.00 Å². The number of carbonyl (C=O) groups excluding carboxylic acids is 1. The summed E-state index contributed by atoms with van der Waals surface area (Å²) in [6, 6.07) is 0. The third-order valence-electron chi connectivity index (χ3n) is 3.13. The fourth-order valence-electron chi connectivity index (χ4n) is 1.90. The first kappa shape index (κ1) is 16.0. The molecule has 0 aliphatic heterocycles. The Hall–Kier alpha value is -1.10. The highest BCUT2D eigenvalue weighted by atomic mass is 32.1. The third-order valence-corrected chi connectivity index (χ3v) is 3.91. The molecule has 0 saturated heterocycles. The molecule has 108 valence electrons. The highest BCUT2D eigenvalue weighted by molar-refractivity contribution is 7.14. The van der Waals surface area contributed by atoms with E-state index in [-0.39, 0.29) is 5.97 Å². The number of aromatic nitrogens is 1. The maximum absolute atomic E-state index is 11.7. The predicted octanol–water partition coefficient (Wildman–Crippen LogP) is 3.95. The number of nitrogens with one attached hydrogen (secondary N) is 1. The molecule has 0 fully saturated rings. The molecule has 1 heterocycles. The summed E-state index contributed by atoms with van der Waals surface area (Å²) in [5, 5.41) is 4.17. The van der Waals surface area contributed by atoms with Crippen LogP contribution in [0.4, 0.5) is 5.00 Å². The van der Waals surface area contributed by atoms with Crippen LogP contribution in [-0.4, -0.2) is 24.1 Å². The Morgan fingerprint density at radius 2 is 2.26 bits per heavy atom. The summed E-state index contributed by atoms with van der Waals surface area (Å²) in [5.74, 6) is 0.310. The van der Waals surface area contributed by atoms with E-state index < -0.39 is 0 Å². The molecule has 1 unspecified atom stereocenters. The molecule has 0 aliphatic rings. The van der Waals surface area contributed by atoms with Crippen LogP contribution in [-0.2, 0) is 4.74 Å². The number of thiazole rings is 1. The predicted molar refractivity (Wildman–Crippen MR) is 79.9 cm³/mol. The van der Waals surface area contributed by atoms with Gasteiger partial charge in [-0.25, -0.2) is 9.78 Å². The Balaban J connectivity index is 2.52. The second kappa shape index (κ2) is 8.91. The minimum absolute atomic E-state index is 0.340. The van der Waals surface area contributed by atoms with Crippen LogP contribution in [0.1, 0.15) is 56.9 Å². The summed E-state index contributed by atoms with van der Waals surface area (Å²) in [6.07, 6.45) is 4.87. The van der Waals surface area contributed by atoms with E-state index in [4.69, 9.17) is 4.74 Å². The number of hydrogen-bond donors (Lipinski definition) is 1. The maximum atomic E-state index is 11.7. The Morgan fingerprint density at radius 1 is 1.47 bits per heavy atom. The van der Waals surface area contributed by atoms with Gasteiger partial charge in [0.15, 0.2) is 5.69 Å². The van der Waals surface area contributed by atoms with E-state index >= 15 is 0 Å². The number of ether oxygens (including phenoxy) is 1. The molecular weight excluding hydrogens is 260 g/mol. The number of rotatable bonds is 9.